The molecular formula is C19H12ClN3O2S. The molecular weight excluding hydrogens is 370 g/mol. The summed E-state index contributed by atoms with van der Waals surface area (Å²) < 4.78 is 6.31. The molecule has 2 aromatic carbocycles. The maximum absolute atomic E-state index is 12.1. The topological polar surface area (TPSA) is 65.9 Å². The van der Waals surface area contributed by atoms with Crippen LogP contribution in [-0.2, 0) is 0 Å². The lowest BCUT2D eigenvalue weighted by atomic mass is 10.2. The van der Waals surface area contributed by atoms with Crippen molar-refractivity contribution in [1.29, 1.82) is 0 Å². The Bertz CT molecular complexity index is 1060. The van der Waals surface area contributed by atoms with Crippen molar-refractivity contribution in [3.8, 4) is 23.0 Å². The van der Waals surface area contributed by atoms with Gasteiger partial charge in [0.25, 0.3) is 5.69 Å². The van der Waals surface area contributed by atoms with Gasteiger partial charge in [0.15, 0.2) is 11.6 Å². The largest absolute Gasteiger partial charge is 0.539 e. The van der Waals surface area contributed by atoms with Crippen molar-refractivity contribution in [3.63, 3.8) is 0 Å². The zero-order valence-corrected chi connectivity index (χ0v) is 14.9. The Morgan fingerprint density at radius 3 is 2.58 bits per heavy atom. The van der Waals surface area contributed by atoms with Crippen LogP contribution in [0.25, 0.3) is 29.2 Å². The summed E-state index contributed by atoms with van der Waals surface area (Å²) >= 11 is 7.33. The van der Waals surface area contributed by atoms with Gasteiger partial charge in [-0.05, 0) is 28.5 Å². The number of aromatic nitrogens is 3. The third-order valence-electron chi connectivity index (χ3n) is 3.66. The van der Waals surface area contributed by atoms with Crippen molar-refractivity contribution in [3.05, 3.63) is 75.6 Å². The van der Waals surface area contributed by atoms with Crippen molar-refractivity contribution in [2.75, 3.05) is 0 Å². The SMILES string of the molecule is [O-]c1on[n+](-c2ccccc2)c1-c1csc(/C=C/c2ccc(Cl)cc2)n1. The predicted octanol–water partition coefficient (Wildman–Crippen LogP) is 3.97. The van der Waals surface area contributed by atoms with Gasteiger partial charge >= 0.3 is 0 Å². The molecule has 7 heteroatoms. The van der Waals surface area contributed by atoms with E-state index in [9.17, 15) is 5.11 Å². The Kier molecular flexibility index (Phi) is 4.51. The molecule has 0 aliphatic carbocycles. The fourth-order valence-corrected chi connectivity index (χ4v) is 3.24. The van der Waals surface area contributed by atoms with Crippen LogP contribution in [0.2, 0.25) is 5.02 Å². The fourth-order valence-electron chi connectivity index (χ4n) is 2.42. The maximum atomic E-state index is 12.1. The molecule has 0 N–H and O–H groups in total. The predicted molar refractivity (Wildman–Crippen MR) is 99.0 cm³/mol. The number of hydrogen-bond donors (Lipinski definition) is 0. The van der Waals surface area contributed by atoms with E-state index >= 15 is 0 Å². The van der Waals surface area contributed by atoms with Gasteiger partial charge in [0.1, 0.15) is 5.01 Å². The molecule has 4 aromatic rings. The molecule has 0 saturated heterocycles. The lowest BCUT2D eigenvalue weighted by molar-refractivity contribution is -0.660. The Balaban J connectivity index is 1.65. The summed E-state index contributed by atoms with van der Waals surface area (Å²) in [5.41, 5.74) is 2.58. The minimum atomic E-state index is -0.521. The number of hydrogen-bond acceptors (Lipinski definition) is 5. The van der Waals surface area contributed by atoms with Crippen LogP contribution in [0.5, 0.6) is 5.95 Å². The molecule has 0 aliphatic heterocycles. The zero-order chi connectivity index (χ0) is 17.9. The minimum Gasteiger partial charge on any atom is -0.539 e. The molecule has 0 fully saturated rings. The number of para-hydroxylation sites is 1. The van der Waals surface area contributed by atoms with Crippen LogP contribution in [0, 0.1) is 0 Å². The first kappa shape index (κ1) is 16.5. The first-order valence-corrected chi connectivity index (χ1v) is 9.00. The molecule has 128 valence electrons. The van der Waals surface area contributed by atoms with E-state index in [-0.39, 0.29) is 0 Å². The third kappa shape index (κ3) is 3.37. The Labute approximate surface area is 158 Å². The van der Waals surface area contributed by atoms with E-state index in [1.54, 1.807) is 0 Å². The van der Waals surface area contributed by atoms with Gasteiger partial charge in [0.05, 0.1) is 5.27 Å². The number of nitrogens with zero attached hydrogens (tertiary/aromatic N) is 3. The highest BCUT2D eigenvalue weighted by Gasteiger charge is 2.24. The summed E-state index contributed by atoms with van der Waals surface area (Å²) in [7, 11) is 0. The quantitative estimate of drug-likeness (QED) is 0.502. The first-order chi connectivity index (χ1) is 12.7. The molecule has 0 amide bonds. The van der Waals surface area contributed by atoms with E-state index in [1.165, 1.54) is 16.0 Å². The number of halogens is 1. The van der Waals surface area contributed by atoms with Crippen molar-refractivity contribution in [2.45, 2.75) is 0 Å². The van der Waals surface area contributed by atoms with E-state index < -0.39 is 5.95 Å². The van der Waals surface area contributed by atoms with Gasteiger partial charge in [-0.15, -0.1) is 11.3 Å². The monoisotopic (exact) mass is 381 g/mol. The molecule has 2 heterocycles. The Morgan fingerprint density at radius 1 is 1.04 bits per heavy atom. The molecule has 0 unspecified atom stereocenters. The zero-order valence-electron chi connectivity index (χ0n) is 13.4. The Morgan fingerprint density at radius 2 is 1.81 bits per heavy atom. The smallest absolute Gasteiger partial charge is 0.289 e. The number of benzene rings is 2. The second kappa shape index (κ2) is 7.11. The lowest BCUT2D eigenvalue weighted by Crippen LogP contribution is -2.34. The van der Waals surface area contributed by atoms with Gasteiger partial charge in [0, 0.05) is 22.5 Å². The van der Waals surface area contributed by atoms with E-state index in [2.05, 4.69) is 10.3 Å². The van der Waals surface area contributed by atoms with E-state index in [0.717, 1.165) is 16.3 Å². The van der Waals surface area contributed by atoms with Gasteiger partial charge in [-0.3, -0.25) is 0 Å². The number of thiazole rings is 1. The van der Waals surface area contributed by atoms with E-state index in [4.69, 9.17) is 16.1 Å². The van der Waals surface area contributed by atoms with Crippen LogP contribution >= 0.6 is 22.9 Å². The highest BCUT2D eigenvalue weighted by Crippen LogP contribution is 2.26. The molecule has 2 aromatic heterocycles. The average molecular weight is 382 g/mol. The summed E-state index contributed by atoms with van der Waals surface area (Å²) in [4.78, 5) is 4.52. The molecule has 0 bridgehead atoms. The van der Waals surface area contributed by atoms with Crippen molar-refractivity contribution in [2.24, 2.45) is 0 Å². The molecule has 26 heavy (non-hydrogen) atoms. The van der Waals surface area contributed by atoms with E-state index in [0.29, 0.717) is 16.4 Å². The van der Waals surface area contributed by atoms with Gasteiger partial charge in [-0.1, -0.05) is 48.0 Å². The van der Waals surface area contributed by atoms with Crippen LogP contribution in [0.1, 0.15) is 10.6 Å². The summed E-state index contributed by atoms with van der Waals surface area (Å²) in [6, 6.07) is 16.8. The lowest BCUT2D eigenvalue weighted by Gasteiger charge is -1.94. The summed E-state index contributed by atoms with van der Waals surface area (Å²) in [6.07, 6.45) is 3.83. The fraction of sp³-hybridized carbons (Fsp3) is 0. The second-order valence-electron chi connectivity index (χ2n) is 5.41. The van der Waals surface area contributed by atoms with Gasteiger partial charge in [0.2, 0.25) is 5.69 Å². The normalized spacial score (nSPS) is 11.3. The highest BCUT2D eigenvalue weighted by molar-refractivity contribution is 7.10. The molecule has 0 atom stereocenters. The average Bonchev–Trinajstić information content (AvgIpc) is 3.28. The summed E-state index contributed by atoms with van der Waals surface area (Å²) in [6.45, 7) is 0. The Hall–Kier alpha value is -2.96. The molecule has 0 spiro atoms. The first-order valence-electron chi connectivity index (χ1n) is 7.75. The van der Waals surface area contributed by atoms with Crippen molar-refractivity contribution in [1.82, 2.24) is 10.3 Å². The molecule has 4 rings (SSSR count). The number of rotatable bonds is 4. The molecule has 0 aliphatic rings. The minimum absolute atomic E-state index is 0.304. The standard InChI is InChI=1S/C19H12ClN3O2S/c20-14-9-6-13(7-10-14)8-11-17-21-16(12-26-17)18-19(24)25-22-23(18)15-4-2-1-3-5-15/h1-12H/b11-8+. The van der Waals surface area contributed by atoms with Crippen LogP contribution in [0.15, 0.2) is 64.5 Å². The summed E-state index contributed by atoms with van der Waals surface area (Å²) in [5, 5.41) is 19.2. The van der Waals surface area contributed by atoms with Crippen molar-refractivity contribution >= 4 is 35.1 Å². The third-order valence-corrected chi connectivity index (χ3v) is 4.73. The maximum Gasteiger partial charge on any atom is 0.289 e. The second-order valence-corrected chi connectivity index (χ2v) is 6.74. The molecule has 0 saturated carbocycles. The van der Waals surface area contributed by atoms with Crippen molar-refractivity contribution < 1.29 is 14.3 Å². The molecule has 0 radical (unpaired) electrons. The van der Waals surface area contributed by atoms with Gasteiger partial charge < -0.3 is 9.63 Å². The van der Waals surface area contributed by atoms with Gasteiger partial charge in [-0.2, -0.15) is 0 Å². The van der Waals surface area contributed by atoms with E-state index in [1.807, 2.05) is 72.1 Å². The van der Waals surface area contributed by atoms with Crippen LogP contribution < -0.4 is 9.79 Å². The van der Waals surface area contributed by atoms with Crippen LogP contribution in [-0.4, -0.2) is 10.3 Å². The van der Waals surface area contributed by atoms with Crippen LogP contribution in [0.3, 0.4) is 0 Å². The summed E-state index contributed by atoms with van der Waals surface area (Å²) in [5.74, 6) is -0.521. The van der Waals surface area contributed by atoms with Crippen LogP contribution in [0.4, 0.5) is 0 Å². The van der Waals surface area contributed by atoms with Gasteiger partial charge in [-0.25, -0.2) is 4.98 Å². The molecule has 5 nitrogen and oxygen atoms in total. The highest BCUT2D eigenvalue weighted by atomic mass is 35.5.